The number of amidine groups is 1. The highest BCUT2D eigenvalue weighted by molar-refractivity contribution is 8.16. The fourth-order valence-corrected chi connectivity index (χ4v) is 9.15. The van der Waals surface area contributed by atoms with Crippen LogP contribution in [0.3, 0.4) is 0 Å². The maximum atomic E-state index is 12.3. The van der Waals surface area contributed by atoms with Crippen LogP contribution in [0.15, 0.2) is 59.6 Å². The van der Waals surface area contributed by atoms with Crippen molar-refractivity contribution < 1.29 is 13.2 Å². The molecule has 3 heterocycles. The van der Waals surface area contributed by atoms with E-state index in [1.54, 1.807) is 6.92 Å². The molecule has 180 valence electrons. The zero-order valence-electron chi connectivity index (χ0n) is 19.5. The molecule has 8 heteroatoms. The first-order valence-electron chi connectivity index (χ1n) is 12.1. The molecule has 6 nitrogen and oxygen atoms in total. The molecule has 0 spiro atoms. The van der Waals surface area contributed by atoms with Gasteiger partial charge < -0.3 is 9.80 Å². The predicted octanol–water partition coefficient (Wildman–Crippen LogP) is 4.16. The Balaban J connectivity index is 1.28. The third kappa shape index (κ3) is 5.03. The van der Waals surface area contributed by atoms with E-state index in [0.29, 0.717) is 11.6 Å². The third-order valence-corrected chi connectivity index (χ3v) is 10.3. The number of aliphatic imine (C=N–C) groups is 1. The predicted molar refractivity (Wildman–Crippen MR) is 141 cm³/mol. The van der Waals surface area contributed by atoms with Gasteiger partial charge in [0.2, 0.25) is 5.91 Å². The Kier molecular flexibility index (Phi) is 6.71. The fourth-order valence-electron chi connectivity index (χ4n) is 5.22. The average molecular weight is 498 g/mol. The summed E-state index contributed by atoms with van der Waals surface area (Å²) < 4.78 is 24.5. The Morgan fingerprint density at radius 2 is 1.68 bits per heavy atom. The maximum Gasteiger partial charge on any atom is 0.247 e. The zero-order chi connectivity index (χ0) is 23.7. The van der Waals surface area contributed by atoms with Gasteiger partial charge in [-0.1, -0.05) is 49.0 Å². The van der Waals surface area contributed by atoms with Crippen LogP contribution < -0.4 is 9.80 Å². The second kappa shape index (κ2) is 9.74. The first-order valence-corrected chi connectivity index (χ1v) is 14.8. The molecule has 2 atom stereocenters. The zero-order valence-corrected chi connectivity index (χ0v) is 21.1. The summed E-state index contributed by atoms with van der Waals surface area (Å²) in [6, 6.07) is 18.9. The molecule has 3 fully saturated rings. The summed E-state index contributed by atoms with van der Waals surface area (Å²) in [5.74, 6) is 0.801. The van der Waals surface area contributed by atoms with Gasteiger partial charge in [0.1, 0.15) is 0 Å². The van der Waals surface area contributed by atoms with Crippen LogP contribution in [-0.2, 0) is 21.1 Å². The smallest absolute Gasteiger partial charge is 0.247 e. The van der Waals surface area contributed by atoms with Crippen molar-refractivity contribution in [2.24, 2.45) is 10.9 Å². The van der Waals surface area contributed by atoms with Crippen LogP contribution in [0.4, 0.5) is 11.4 Å². The highest BCUT2D eigenvalue weighted by atomic mass is 32.2. The molecule has 0 aliphatic carbocycles. The molecule has 0 bridgehead atoms. The van der Waals surface area contributed by atoms with Gasteiger partial charge in [0, 0.05) is 36.1 Å². The van der Waals surface area contributed by atoms with E-state index >= 15 is 0 Å². The number of hydrogen-bond donors (Lipinski definition) is 0. The molecule has 2 aromatic carbocycles. The number of benzene rings is 2. The molecule has 0 aromatic heterocycles. The van der Waals surface area contributed by atoms with Gasteiger partial charge in [0.05, 0.1) is 17.5 Å². The number of rotatable bonds is 5. The van der Waals surface area contributed by atoms with E-state index in [9.17, 15) is 13.2 Å². The van der Waals surface area contributed by atoms with Gasteiger partial charge in [0.15, 0.2) is 15.0 Å². The lowest BCUT2D eigenvalue weighted by Gasteiger charge is -2.34. The number of hydrogen-bond acceptors (Lipinski definition) is 5. The standard InChI is InChI=1S/C26H31N3O3S2/c1-2-25(30)27-26-29(23-17-34(31,32)18-24(23)33-26)22-10-8-21(9-11-22)28-14-12-20(13-15-28)16-19-6-4-3-5-7-19/h3-11,20,23-24H,2,12-18H2,1H3/t23-,24+/m1/s1. The van der Waals surface area contributed by atoms with Gasteiger partial charge in [-0.2, -0.15) is 4.99 Å². The lowest BCUT2D eigenvalue weighted by molar-refractivity contribution is -0.117. The Bertz CT molecular complexity index is 1160. The van der Waals surface area contributed by atoms with E-state index in [2.05, 4.69) is 52.4 Å². The Hall–Kier alpha value is -2.32. The van der Waals surface area contributed by atoms with Crippen LogP contribution in [0, 0.1) is 5.92 Å². The molecule has 1 amide bonds. The quantitative estimate of drug-likeness (QED) is 0.618. The first-order chi connectivity index (χ1) is 16.4. The Morgan fingerprint density at radius 1 is 1.00 bits per heavy atom. The Labute approximate surface area is 206 Å². The summed E-state index contributed by atoms with van der Waals surface area (Å²) in [5.41, 5.74) is 3.51. The van der Waals surface area contributed by atoms with Gasteiger partial charge in [-0.3, -0.25) is 4.79 Å². The van der Waals surface area contributed by atoms with Crippen molar-refractivity contribution in [3.8, 4) is 0 Å². The molecule has 0 radical (unpaired) electrons. The van der Waals surface area contributed by atoms with Crippen LogP contribution >= 0.6 is 11.8 Å². The topological polar surface area (TPSA) is 70.0 Å². The number of amides is 1. The van der Waals surface area contributed by atoms with Gasteiger partial charge in [-0.05, 0) is 55.0 Å². The van der Waals surface area contributed by atoms with E-state index in [-0.39, 0.29) is 28.7 Å². The normalized spacial score (nSPS) is 25.6. The lowest BCUT2D eigenvalue weighted by Crippen LogP contribution is -2.38. The Morgan fingerprint density at radius 3 is 2.35 bits per heavy atom. The minimum atomic E-state index is -3.07. The van der Waals surface area contributed by atoms with E-state index in [0.717, 1.165) is 31.1 Å². The van der Waals surface area contributed by atoms with Crippen molar-refractivity contribution in [3.63, 3.8) is 0 Å². The summed E-state index contributed by atoms with van der Waals surface area (Å²) in [5, 5.41) is 0.558. The summed E-state index contributed by atoms with van der Waals surface area (Å²) in [7, 11) is -3.07. The number of nitrogens with zero attached hydrogens (tertiary/aromatic N) is 3. The number of fused-ring (bicyclic) bond motifs is 1. The molecular formula is C26H31N3O3S2. The van der Waals surface area contributed by atoms with E-state index < -0.39 is 9.84 Å². The number of carbonyl (C=O) groups is 1. The summed E-state index contributed by atoms with van der Waals surface area (Å²) >= 11 is 1.43. The monoisotopic (exact) mass is 497 g/mol. The average Bonchev–Trinajstić information content (AvgIpc) is 3.31. The van der Waals surface area contributed by atoms with Gasteiger partial charge >= 0.3 is 0 Å². The lowest BCUT2D eigenvalue weighted by atomic mass is 9.90. The largest absolute Gasteiger partial charge is 0.372 e. The van der Waals surface area contributed by atoms with Gasteiger partial charge in [-0.15, -0.1) is 0 Å². The SMILES string of the molecule is CCC(=O)N=C1S[C@H]2CS(=O)(=O)C[C@H]2N1c1ccc(N2CCC(Cc3ccccc3)CC2)cc1. The second-order valence-electron chi connectivity index (χ2n) is 9.45. The minimum Gasteiger partial charge on any atom is -0.372 e. The molecule has 3 saturated heterocycles. The molecule has 3 aliphatic rings. The molecule has 5 rings (SSSR count). The van der Waals surface area contributed by atoms with E-state index in [1.165, 1.54) is 35.9 Å². The summed E-state index contributed by atoms with van der Waals surface area (Å²) in [6.45, 7) is 3.87. The van der Waals surface area contributed by atoms with Crippen molar-refractivity contribution in [1.82, 2.24) is 0 Å². The molecule has 3 aliphatic heterocycles. The van der Waals surface area contributed by atoms with Crippen molar-refractivity contribution in [2.45, 2.75) is 43.9 Å². The number of carbonyl (C=O) groups excluding carboxylic acids is 1. The summed E-state index contributed by atoms with van der Waals surface area (Å²) in [4.78, 5) is 20.7. The maximum absolute atomic E-state index is 12.3. The van der Waals surface area contributed by atoms with E-state index in [4.69, 9.17) is 0 Å². The highest BCUT2D eigenvalue weighted by Gasteiger charge is 2.49. The van der Waals surface area contributed by atoms with Crippen molar-refractivity contribution >= 4 is 44.0 Å². The molecule has 0 saturated carbocycles. The minimum absolute atomic E-state index is 0.0725. The number of piperidine rings is 1. The summed E-state index contributed by atoms with van der Waals surface area (Å²) in [6.07, 6.45) is 3.84. The molecule has 34 heavy (non-hydrogen) atoms. The first kappa shape index (κ1) is 23.4. The molecule has 0 N–H and O–H groups in total. The van der Waals surface area contributed by atoms with Crippen LogP contribution in [0.5, 0.6) is 0 Å². The fraction of sp³-hybridized carbons (Fsp3) is 0.462. The number of thioether (sulfide) groups is 1. The number of anilines is 2. The van der Waals surface area contributed by atoms with Crippen LogP contribution in [0.2, 0.25) is 0 Å². The van der Waals surface area contributed by atoms with Gasteiger partial charge in [-0.25, -0.2) is 8.42 Å². The molecular weight excluding hydrogens is 466 g/mol. The highest BCUT2D eigenvalue weighted by Crippen LogP contribution is 2.41. The van der Waals surface area contributed by atoms with Crippen LogP contribution in [0.1, 0.15) is 31.7 Å². The van der Waals surface area contributed by atoms with Crippen LogP contribution in [-0.4, -0.2) is 55.4 Å². The van der Waals surface area contributed by atoms with E-state index in [1.807, 2.05) is 17.0 Å². The second-order valence-corrected chi connectivity index (χ2v) is 12.8. The van der Waals surface area contributed by atoms with Crippen molar-refractivity contribution in [3.05, 3.63) is 60.2 Å². The van der Waals surface area contributed by atoms with Crippen molar-refractivity contribution in [2.75, 3.05) is 34.4 Å². The molecule has 2 aromatic rings. The molecule has 0 unspecified atom stereocenters. The van der Waals surface area contributed by atoms with Crippen molar-refractivity contribution in [1.29, 1.82) is 0 Å². The van der Waals surface area contributed by atoms with Gasteiger partial charge in [0.25, 0.3) is 0 Å². The number of sulfone groups is 1. The third-order valence-electron chi connectivity index (χ3n) is 7.06. The van der Waals surface area contributed by atoms with Crippen LogP contribution in [0.25, 0.3) is 0 Å².